The molecule has 98 valence electrons. The van der Waals surface area contributed by atoms with Gasteiger partial charge >= 0.3 is 0 Å². The maximum absolute atomic E-state index is 12.1. The summed E-state index contributed by atoms with van der Waals surface area (Å²) in [6.45, 7) is 6.85. The monoisotopic (exact) mass is 237 g/mol. The van der Waals surface area contributed by atoms with E-state index in [2.05, 4.69) is 26.1 Å². The maximum atomic E-state index is 12.1. The number of nitrogens with one attached hydrogen (secondary N) is 1. The Labute approximate surface area is 106 Å². The van der Waals surface area contributed by atoms with Crippen LogP contribution < -0.4 is 5.32 Å². The SMILES string of the molecule is CC(C)(C)CC1(NC(=O)C2CC2)CCCCC1. The maximum Gasteiger partial charge on any atom is 0.223 e. The Balaban J connectivity index is 2.02. The molecule has 2 saturated carbocycles. The van der Waals surface area contributed by atoms with Gasteiger partial charge in [-0.1, -0.05) is 40.0 Å². The molecular weight excluding hydrogens is 210 g/mol. The van der Waals surface area contributed by atoms with Crippen LogP contribution in [0.1, 0.15) is 72.1 Å². The second kappa shape index (κ2) is 4.62. The molecule has 17 heavy (non-hydrogen) atoms. The molecule has 2 aliphatic rings. The van der Waals surface area contributed by atoms with Crippen LogP contribution in [0, 0.1) is 11.3 Å². The largest absolute Gasteiger partial charge is 0.350 e. The van der Waals surface area contributed by atoms with Crippen LogP contribution in [-0.4, -0.2) is 11.4 Å². The Morgan fingerprint density at radius 2 is 1.76 bits per heavy atom. The Hall–Kier alpha value is -0.530. The van der Waals surface area contributed by atoms with Gasteiger partial charge in [0.1, 0.15) is 0 Å². The first-order valence-electron chi connectivity index (χ1n) is 7.22. The highest BCUT2D eigenvalue weighted by Crippen LogP contribution is 2.39. The number of carbonyl (C=O) groups excluding carboxylic acids is 1. The van der Waals surface area contributed by atoms with Gasteiger partial charge in [-0.05, 0) is 37.5 Å². The molecule has 0 atom stereocenters. The third-order valence-corrected chi connectivity index (χ3v) is 4.02. The van der Waals surface area contributed by atoms with E-state index in [9.17, 15) is 4.79 Å². The van der Waals surface area contributed by atoms with Crippen LogP contribution in [0.4, 0.5) is 0 Å². The van der Waals surface area contributed by atoms with Crippen molar-refractivity contribution in [2.75, 3.05) is 0 Å². The summed E-state index contributed by atoms with van der Waals surface area (Å²) >= 11 is 0. The summed E-state index contributed by atoms with van der Waals surface area (Å²) in [5, 5.41) is 3.41. The Kier molecular flexibility index (Phi) is 3.51. The summed E-state index contributed by atoms with van der Waals surface area (Å²) in [6.07, 6.45) is 9.60. The second-order valence-electron chi connectivity index (χ2n) is 7.34. The van der Waals surface area contributed by atoms with Crippen molar-refractivity contribution in [3.63, 3.8) is 0 Å². The fourth-order valence-electron chi connectivity index (χ4n) is 3.30. The van der Waals surface area contributed by atoms with Crippen molar-refractivity contribution in [2.45, 2.75) is 77.7 Å². The van der Waals surface area contributed by atoms with Crippen LogP contribution in [0.3, 0.4) is 0 Å². The molecule has 0 saturated heterocycles. The van der Waals surface area contributed by atoms with Gasteiger partial charge in [0.2, 0.25) is 5.91 Å². The van der Waals surface area contributed by atoms with E-state index in [1.807, 2.05) is 0 Å². The number of hydrogen-bond donors (Lipinski definition) is 1. The molecule has 2 aliphatic carbocycles. The first kappa shape index (κ1) is 12.9. The van der Waals surface area contributed by atoms with Gasteiger partial charge in [0, 0.05) is 11.5 Å². The fourth-order valence-corrected chi connectivity index (χ4v) is 3.30. The number of carbonyl (C=O) groups is 1. The lowest BCUT2D eigenvalue weighted by atomic mass is 9.71. The van der Waals surface area contributed by atoms with Gasteiger partial charge in [0.25, 0.3) is 0 Å². The molecule has 1 amide bonds. The zero-order valence-corrected chi connectivity index (χ0v) is 11.6. The third kappa shape index (κ3) is 3.72. The van der Waals surface area contributed by atoms with E-state index in [1.54, 1.807) is 0 Å². The number of rotatable bonds is 3. The zero-order chi connectivity index (χ0) is 12.5. The van der Waals surface area contributed by atoms with E-state index in [-0.39, 0.29) is 5.54 Å². The molecule has 2 fully saturated rings. The van der Waals surface area contributed by atoms with Crippen molar-refractivity contribution in [1.29, 1.82) is 0 Å². The molecule has 0 unspecified atom stereocenters. The Morgan fingerprint density at radius 3 is 2.24 bits per heavy atom. The predicted octanol–water partition coefficient (Wildman–Crippen LogP) is 3.65. The molecule has 0 radical (unpaired) electrons. The van der Waals surface area contributed by atoms with Crippen LogP contribution in [-0.2, 0) is 4.79 Å². The average Bonchev–Trinajstić information content (AvgIpc) is 2.98. The molecule has 2 rings (SSSR count). The van der Waals surface area contributed by atoms with Crippen molar-refractivity contribution in [1.82, 2.24) is 5.32 Å². The summed E-state index contributed by atoms with van der Waals surface area (Å²) in [5.41, 5.74) is 0.407. The van der Waals surface area contributed by atoms with Gasteiger partial charge in [-0.25, -0.2) is 0 Å². The highest BCUT2D eigenvalue weighted by Gasteiger charge is 2.40. The molecule has 0 aromatic carbocycles. The summed E-state index contributed by atoms with van der Waals surface area (Å²) in [7, 11) is 0. The molecule has 2 nitrogen and oxygen atoms in total. The normalized spacial score (nSPS) is 24.4. The standard InChI is InChI=1S/C15H27NO/c1-14(2,3)11-15(9-5-4-6-10-15)16-13(17)12-7-8-12/h12H,4-11H2,1-3H3,(H,16,17). The highest BCUT2D eigenvalue weighted by molar-refractivity contribution is 5.81. The molecule has 0 heterocycles. The second-order valence-corrected chi connectivity index (χ2v) is 7.34. The van der Waals surface area contributed by atoms with Crippen molar-refractivity contribution in [3.8, 4) is 0 Å². The van der Waals surface area contributed by atoms with E-state index < -0.39 is 0 Å². The van der Waals surface area contributed by atoms with E-state index in [0.717, 1.165) is 19.3 Å². The summed E-state index contributed by atoms with van der Waals surface area (Å²) in [6, 6.07) is 0. The van der Waals surface area contributed by atoms with Crippen LogP contribution in [0.5, 0.6) is 0 Å². The van der Waals surface area contributed by atoms with E-state index >= 15 is 0 Å². The quantitative estimate of drug-likeness (QED) is 0.797. The van der Waals surface area contributed by atoms with Gasteiger partial charge in [0.05, 0.1) is 0 Å². The lowest BCUT2D eigenvalue weighted by Gasteiger charge is -2.42. The molecule has 0 aliphatic heterocycles. The minimum atomic E-state index is 0.107. The van der Waals surface area contributed by atoms with E-state index in [4.69, 9.17) is 0 Å². The topological polar surface area (TPSA) is 29.1 Å². The first-order chi connectivity index (χ1) is 7.90. The van der Waals surface area contributed by atoms with Crippen molar-refractivity contribution in [3.05, 3.63) is 0 Å². The summed E-state index contributed by atoms with van der Waals surface area (Å²) in [4.78, 5) is 12.1. The molecule has 1 N–H and O–H groups in total. The first-order valence-corrected chi connectivity index (χ1v) is 7.22. The average molecular weight is 237 g/mol. The molecular formula is C15H27NO. The predicted molar refractivity (Wildman–Crippen MR) is 70.8 cm³/mol. The fraction of sp³-hybridized carbons (Fsp3) is 0.933. The van der Waals surface area contributed by atoms with Crippen LogP contribution in [0.2, 0.25) is 0 Å². The zero-order valence-electron chi connectivity index (χ0n) is 11.6. The van der Waals surface area contributed by atoms with Gasteiger partial charge in [-0.3, -0.25) is 4.79 Å². The van der Waals surface area contributed by atoms with E-state index in [0.29, 0.717) is 17.2 Å². The summed E-state index contributed by atoms with van der Waals surface area (Å²) < 4.78 is 0. The van der Waals surface area contributed by atoms with Gasteiger partial charge in [-0.15, -0.1) is 0 Å². The van der Waals surface area contributed by atoms with Crippen LogP contribution in [0.25, 0.3) is 0 Å². The van der Waals surface area contributed by atoms with Crippen molar-refractivity contribution in [2.24, 2.45) is 11.3 Å². The molecule has 2 heteroatoms. The molecule has 0 spiro atoms. The van der Waals surface area contributed by atoms with Crippen molar-refractivity contribution >= 4 is 5.91 Å². The third-order valence-electron chi connectivity index (χ3n) is 4.02. The number of amides is 1. The van der Waals surface area contributed by atoms with Crippen LogP contribution >= 0.6 is 0 Å². The van der Waals surface area contributed by atoms with Crippen molar-refractivity contribution < 1.29 is 4.79 Å². The Morgan fingerprint density at radius 1 is 1.18 bits per heavy atom. The molecule has 0 aromatic heterocycles. The smallest absolute Gasteiger partial charge is 0.223 e. The number of hydrogen-bond acceptors (Lipinski definition) is 1. The van der Waals surface area contributed by atoms with Crippen LogP contribution in [0.15, 0.2) is 0 Å². The van der Waals surface area contributed by atoms with E-state index in [1.165, 1.54) is 32.1 Å². The summed E-state index contributed by atoms with van der Waals surface area (Å²) in [5.74, 6) is 0.671. The lowest BCUT2D eigenvalue weighted by molar-refractivity contribution is -0.125. The van der Waals surface area contributed by atoms with Gasteiger partial charge < -0.3 is 5.32 Å². The minimum absolute atomic E-state index is 0.107. The molecule has 0 aromatic rings. The van der Waals surface area contributed by atoms with Gasteiger partial charge in [-0.2, -0.15) is 0 Å². The lowest BCUT2D eigenvalue weighted by Crippen LogP contribution is -2.52. The molecule has 0 bridgehead atoms. The Bertz CT molecular complexity index is 280. The minimum Gasteiger partial charge on any atom is -0.350 e. The highest BCUT2D eigenvalue weighted by atomic mass is 16.2. The van der Waals surface area contributed by atoms with Gasteiger partial charge in [0.15, 0.2) is 0 Å².